The maximum absolute atomic E-state index is 10.3. The standard InChI is InChI=1S/C13H25N3O/c1-10(2)14-7-6-13(4,17)9-12-8-11(3)15-16(12)5/h8,10,14,17H,6-7,9H2,1-5H3. The molecule has 0 saturated carbocycles. The smallest absolute Gasteiger partial charge is 0.0686 e. The summed E-state index contributed by atoms with van der Waals surface area (Å²) < 4.78 is 1.85. The number of hydrogen-bond donors (Lipinski definition) is 2. The lowest BCUT2D eigenvalue weighted by atomic mass is 9.96. The number of aliphatic hydroxyl groups is 1. The second-order valence-corrected chi connectivity index (χ2v) is 5.43. The molecule has 1 heterocycles. The van der Waals surface area contributed by atoms with Crippen molar-refractivity contribution in [1.29, 1.82) is 0 Å². The molecule has 1 aromatic heterocycles. The third kappa shape index (κ3) is 4.88. The topological polar surface area (TPSA) is 50.1 Å². The van der Waals surface area contributed by atoms with Gasteiger partial charge in [-0.05, 0) is 32.9 Å². The molecule has 0 aliphatic heterocycles. The number of nitrogens with one attached hydrogen (secondary N) is 1. The van der Waals surface area contributed by atoms with Crippen LogP contribution in [0.3, 0.4) is 0 Å². The van der Waals surface area contributed by atoms with Crippen molar-refractivity contribution in [1.82, 2.24) is 15.1 Å². The third-order valence-electron chi connectivity index (χ3n) is 2.88. The third-order valence-corrected chi connectivity index (χ3v) is 2.88. The molecule has 0 aromatic carbocycles. The Morgan fingerprint density at radius 2 is 2.18 bits per heavy atom. The molecule has 98 valence electrons. The van der Waals surface area contributed by atoms with Crippen molar-refractivity contribution in [2.45, 2.75) is 52.2 Å². The van der Waals surface area contributed by atoms with Crippen LogP contribution in [0.25, 0.3) is 0 Å². The van der Waals surface area contributed by atoms with Gasteiger partial charge in [-0.25, -0.2) is 0 Å². The van der Waals surface area contributed by atoms with Gasteiger partial charge in [0.25, 0.3) is 0 Å². The first kappa shape index (κ1) is 14.2. The zero-order valence-corrected chi connectivity index (χ0v) is 11.6. The van der Waals surface area contributed by atoms with Crippen molar-refractivity contribution in [2.75, 3.05) is 6.54 Å². The SMILES string of the molecule is Cc1cc(CC(C)(O)CCNC(C)C)n(C)n1. The summed E-state index contributed by atoms with van der Waals surface area (Å²) in [6.07, 6.45) is 1.39. The van der Waals surface area contributed by atoms with Gasteiger partial charge in [0.05, 0.1) is 11.3 Å². The fourth-order valence-electron chi connectivity index (χ4n) is 1.94. The van der Waals surface area contributed by atoms with E-state index in [4.69, 9.17) is 0 Å². The van der Waals surface area contributed by atoms with E-state index in [-0.39, 0.29) is 0 Å². The summed E-state index contributed by atoms with van der Waals surface area (Å²) in [6.45, 7) is 8.91. The van der Waals surface area contributed by atoms with Crippen molar-refractivity contribution < 1.29 is 5.11 Å². The number of aromatic nitrogens is 2. The average Bonchev–Trinajstić information content (AvgIpc) is 2.42. The Morgan fingerprint density at radius 1 is 1.53 bits per heavy atom. The normalized spacial score (nSPS) is 15.2. The van der Waals surface area contributed by atoms with Crippen LogP contribution in [0.5, 0.6) is 0 Å². The highest BCUT2D eigenvalue weighted by Crippen LogP contribution is 2.16. The molecule has 0 saturated heterocycles. The molecule has 0 aliphatic rings. The molecule has 0 bridgehead atoms. The lowest BCUT2D eigenvalue weighted by Gasteiger charge is -2.24. The van der Waals surface area contributed by atoms with E-state index in [1.165, 1.54) is 0 Å². The summed E-state index contributed by atoms with van der Waals surface area (Å²) in [5.74, 6) is 0. The van der Waals surface area contributed by atoms with Crippen LogP contribution in [-0.2, 0) is 13.5 Å². The van der Waals surface area contributed by atoms with Gasteiger partial charge in [0.15, 0.2) is 0 Å². The van der Waals surface area contributed by atoms with Crippen LogP contribution in [-0.4, -0.2) is 33.1 Å². The van der Waals surface area contributed by atoms with E-state index in [2.05, 4.69) is 24.3 Å². The van der Waals surface area contributed by atoms with Gasteiger partial charge in [-0.1, -0.05) is 13.8 Å². The van der Waals surface area contributed by atoms with Crippen molar-refractivity contribution in [3.63, 3.8) is 0 Å². The average molecular weight is 239 g/mol. The van der Waals surface area contributed by atoms with Crippen molar-refractivity contribution in [2.24, 2.45) is 7.05 Å². The van der Waals surface area contributed by atoms with Gasteiger partial charge in [-0.15, -0.1) is 0 Å². The summed E-state index contributed by atoms with van der Waals surface area (Å²) in [7, 11) is 1.92. The molecule has 4 heteroatoms. The Balaban J connectivity index is 2.51. The number of hydrogen-bond acceptors (Lipinski definition) is 3. The lowest BCUT2D eigenvalue weighted by molar-refractivity contribution is 0.0492. The van der Waals surface area contributed by atoms with E-state index in [0.29, 0.717) is 12.5 Å². The minimum atomic E-state index is -0.678. The Kier molecular flexibility index (Phi) is 4.71. The second-order valence-electron chi connectivity index (χ2n) is 5.43. The molecule has 17 heavy (non-hydrogen) atoms. The molecular formula is C13H25N3O. The van der Waals surface area contributed by atoms with Crippen LogP contribution >= 0.6 is 0 Å². The Bertz CT molecular complexity index is 356. The highest BCUT2D eigenvalue weighted by molar-refractivity contribution is 5.11. The predicted octanol–water partition coefficient (Wildman–Crippen LogP) is 1.41. The van der Waals surface area contributed by atoms with Gasteiger partial charge < -0.3 is 10.4 Å². The van der Waals surface area contributed by atoms with Crippen molar-refractivity contribution in [3.8, 4) is 0 Å². The molecule has 2 N–H and O–H groups in total. The molecule has 1 aromatic rings. The Morgan fingerprint density at radius 3 is 2.65 bits per heavy atom. The van der Waals surface area contributed by atoms with E-state index in [9.17, 15) is 5.11 Å². The highest BCUT2D eigenvalue weighted by atomic mass is 16.3. The van der Waals surface area contributed by atoms with Gasteiger partial charge in [0, 0.05) is 25.2 Å². The van der Waals surface area contributed by atoms with Crippen LogP contribution < -0.4 is 5.32 Å². The van der Waals surface area contributed by atoms with Gasteiger partial charge in [0.2, 0.25) is 0 Å². The summed E-state index contributed by atoms with van der Waals surface area (Å²) in [5, 5.41) is 18.0. The zero-order chi connectivity index (χ0) is 13.1. The van der Waals surface area contributed by atoms with Crippen LogP contribution in [0.15, 0.2) is 6.07 Å². The van der Waals surface area contributed by atoms with Crippen LogP contribution in [0, 0.1) is 6.92 Å². The maximum Gasteiger partial charge on any atom is 0.0686 e. The minimum absolute atomic E-state index is 0.463. The predicted molar refractivity (Wildman–Crippen MR) is 70.0 cm³/mol. The number of nitrogens with zero attached hydrogens (tertiary/aromatic N) is 2. The molecule has 1 rings (SSSR count). The molecular weight excluding hydrogens is 214 g/mol. The molecule has 1 unspecified atom stereocenters. The highest BCUT2D eigenvalue weighted by Gasteiger charge is 2.22. The summed E-state index contributed by atoms with van der Waals surface area (Å²) >= 11 is 0. The lowest BCUT2D eigenvalue weighted by Crippen LogP contribution is -2.34. The Labute approximate surface area is 104 Å². The van der Waals surface area contributed by atoms with Gasteiger partial charge >= 0.3 is 0 Å². The second kappa shape index (κ2) is 5.65. The van der Waals surface area contributed by atoms with E-state index in [1.807, 2.05) is 31.6 Å². The fourth-order valence-corrected chi connectivity index (χ4v) is 1.94. The van der Waals surface area contributed by atoms with E-state index >= 15 is 0 Å². The molecule has 0 spiro atoms. The van der Waals surface area contributed by atoms with Crippen LogP contribution in [0.2, 0.25) is 0 Å². The van der Waals surface area contributed by atoms with Crippen molar-refractivity contribution in [3.05, 3.63) is 17.5 Å². The fraction of sp³-hybridized carbons (Fsp3) is 0.769. The van der Waals surface area contributed by atoms with Crippen LogP contribution in [0.1, 0.15) is 38.6 Å². The summed E-state index contributed by atoms with van der Waals surface area (Å²) in [5.41, 5.74) is 1.40. The Hall–Kier alpha value is -0.870. The molecule has 0 radical (unpaired) electrons. The first-order chi connectivity index (χ1) is 7.80. The van der Waals surface area contributed by atoms with E-state index in [0.717, 1.165) is 24.4 Å². The maximum atomic E-state index is 10.3. The first-order valence-electron chi connectivity index (χ1n) is 6.25. The summed E-state index contributed by atoms with van der Waals surface area (Å²) in [4.78, 5) is 0. The molecule has 1 atom stereocenters. The first-order valence-corrected chi connectivity index (χ1v) is 6.25. The zero-order valence-electron chi connectivity index (χ0n) is 11.6. The molecule has 4 nitrogen and oxygen atoms in total. The number of rotatable bonds is 6. The van der Waals surface area contributed by atoms with E-state index in [1.54, 1.807) is 0 Å². The largest absolute Gasteiger partial charge is 0.390 e. The summed E-state index contributed by atoms with van der Waals surface area (Å²) in [6, 6.07) is 2.49. The minimum Gasteiger partial charge on any atom is -0.390 e. The van der Waals surface area contributed by atoms with Crippen molar-refractivity contribution >= 4 is 0 Å². The molecule has 0 aliphatic carbocycles. The van der Waals surface area contributed by atoms with Gasteiger partial charge in [0.1, 0.15) is 0 Å². The van der Waals surface area contributed by atoms with Gasteiger partial charge in [-0.3, -0.25) is 4.68 Å². The molecule has 0 fully saturated rings. The monoisotopic (exact) mass is 239 g/mol. The van der Waals surface area contributed by atoms with Crippen LogP contribution in [0.4, 0.5) is 0 Å². The quantitative estimate of drug-likeness (QED) is 0.789. The van der Waals surface area contributed by atoms with Gasteiger partial charge in [-0.2, -0.15) is 5.10 Å². The van der Waals surface area contributed by atoms with E-state index < -0.39 is 5.60 Å². The number of aryl methyl sites for hydroxylation is 2. The molecule has 0 amide bonds.